The van der Waals surface area contributed by atoms with E-state index >= 15 is 0 Å². The van der Waals surface area contributed by atoms with Crippen LogP contribution in [-0.4, -0.2) is 34.8 Å². The Kier molecular flexibility index (Phi) is 6.87. The number of carbonyl (C=O) groups excluding carboxylic acids is 1. The minimum atomic E-state index is -0.472. The van der Waals surface area contributed by atoms with Gasteiger partial charge < -0.3 is 14.0 Å². The average Bonchev–Trinajstić information content (AvgIpc) is 3.44. The van der Waals surface area contributed by atoms with Gasteiger partial charge in [0.2, 0.25) is 0 Å². The SMILES string of the molecule is CCOC(=O)C(Sc1ncc(-c2ccccc2)n1CC1CCCO1)c1ccccc1. The highest BCUT2D eigenvalue weighted by Crippen LogP contribution is 2.38. The molecule has 4 rings (SSSR count). The molecule has 0 amide bonds. The van der Waals surface area contributed by atoms with Crippen LogP contribution in [0, 0.1) is 0 Å². The van der Waals surface area contributed by atoms with E-state index in [-0.39, 0.29) is 12.1 Å². The van der Waals surface area contributed by atoms with E-state index in [1.807, 2.05) is 61.7 Å². The zero-order valence-electron chi connectivity index (χ0n) is 17.1. The minimum Gasteiger partial charge on any atom is -0.465 e. The van der Waals surface area contributed by atoms with Crippen LogP contribution in [0.3, 0.4) is 0 Å². The van der Waals surface area contributed by atoms with Crippen LogP contribution in [0.2, 0.25) is 0 Å². The first-order valence-corrected chi connectivity index (χ1v) is 11.2. The molecule has 6 heteroatoms. The Morgan fingerprint density at radius 1 is 1.20 bits per heavy atom. The van der Waals surface area contributed by atoms with E-state index in [0.717, 1.165) is 48.0 Å². The van der Waals surface area contributed by atoms with Gasteiger partial charge in [-0.3, -0.25) is 4.79 Å². The average molecular weight is 423 g/mol. The molecule has 1 aromatic heterocycles. The summed E-state index contributed by atoms with van der Waals surface area (Å²) in [4.78, 5) is 17.5. The molecule has 1 aliphatic rings. The maximum atomic E-state index is 12.8. The van der Waals surface area contributed by atoms with E-state index in [2.05, 4.69) is 16.7 Å². The fourth-order valence-corrected chi connectivity index (χ4v) is 4.75. The van der Waals surface area contributed by atoms with Crippen molar-refractivity contribution in [3.05, 3.63) is 72.4 Å². The zero-order chi connectivity index (χ0) is 20.8. The zero-order valence-corrected chi connectivity index (χ0v) is 17.9. The third-order valence-corrected chi connectivity index (χ3v) is 6.36. The molecule has 0 spiro atoms. The van der Waals surface area contributed by atoms with Crippen molar-refractivity contribution >= 4 is 17.7 Å². The molecule has 0 aliphatic carbocycles. The smallest absolute Gasteiger partial charge is 0.324 e. The van der Waals surface area contributed by atoms with Crippen molar-refractivity contribution in [3.63, 3.8) is 0 Å². The monoisotopic (exact) mass is 422 g/mol. The van der Waals surface area contributed by atoms with Crippen LogP contribution in [0.1, 0.15) is 30.6 Å². The molecule has 30 heavy (non-hydrogen) atoms. The minimum absolute atomic E-state index is 0.166. The summed E-state index contributed by atoms with van der Waals surface area (Å²) >= 11 is 1.44. The van der Waals surface area contributed by atoms with E-state index in [1.165, 1.54) is 11.8 Å². The lowest BCUT2D eigenvalue weighted by Crippen LogP contribution is -2.18. The molecule has 2 atom stereocenters. The Hall–Kier alpha value is -2.57. The predicted molar refractivity (Wildman–Crippen MR) is 118 cm³/mol. The first kappa shape index (κ1) is 20.7. The van der Waals surface area contributed by atoms with Gasteiger partial charge in [0.25, 0.3) is 0 Å². The number of imidazole rings is 1. The van der Waals surface area contributed by atoms with Crippen molar-refractivity contribution in [2.45, 2.75) is 42.8 Å². The summed E-state index contributed by atoms with van der Waals surface area (Å²) in [7, 11) is 0. The van der Waals surface area contributed by atoms with E-state index in [1.54, 1.807) is 0 Å². The van der Waals surface area contributed by atoms with Gasteiger partial charge in [-0.05, 0) is 30.9 Å². The molecule has 2 unspecified atom stereocenters. The van der Waals surface area contributed by atoms with Crippen LogP contribution < -0.4 is 0 Å². The summed E-state index contributed by atoms with van der Waals surface area (Å²) in [6, 6.07) is 20.0. The van der Waals surface area contributed by atoms with Gasteiger partial charge in [0.1, 0.15) is 5.25 Å². The van der Waals surface area contributed by atoms with E-state index < -0.39 is 5.25 Å². The van der Waals surface area contributed by atoms with E-state index in [9.17, 15) is 4.79 Å². The standard InChI is InChI=1S/C24H26N2O3S/c1-2-28-23(27)22(19-12-7-4-8-13-19)30-24-25-16-21(18-10-5-3-6-11-18)26(24)17-20-14-9-15-29-20/h3-8,10-13,16,20,22H,2,9,14-15,17H2,1H3. The van der Waals surface area contributed by atoms with Crippen LogP contribution in [-0.2, 0) is 20.8 Å². The normalized spacial score (nSPS) is 17.0. The number of ether oxygens (including phenoxy) is 2. The summed E-state index contributed by atoms with van der Waals surface area (Å²) in [5.74, 6) is -0.248. The Balaban J connectivity index is 1.69. The van der Waals surface area contributed by atoms with Crippen molar-refractivity contribution in [2.24, 2.45) is 0 Å². The molecule has 0 radical (unpaired) electrons. The first-order valence-electron chi connectivity index (χ1n) is 10.4. The fourth-order valence-electron chi connectivity index (χ4n) is 3.66. The fraction of sp³-hybridized carbons (Fsp3) is 0.333. The number of nitrogens with zero attached hydrogens (tertiary/aromatic N) is 2. The van der Waals surface area contributed by atoms with Crippen molar-refractivity contribution in [3.8, 4) is 11.3 Å². The molecule has 2 heterocycles. The lowest BCUT2D eigenvalue weighted by atomic mass is 10.1. The van der Waals surface area contributed by atoms with Gasteiger partial charge in [-0.25, -0.2) is 4.98 Å². The number of aromatic nitrogens is 2. The Labute approximate surface area is 181 Å². The second-order valence-corrected chi connectivity index (χ2v) is 8.27. The third kappa shape index (κ3) is 4.77. The topological polar surface area (TPSA) is 53.3 Å². The Morgan fingerprint density at radius 2 is 1.93 bits per heavy atom. The maximum absolute atomic E-state index is 12.8. The lowest BCUT2D eigenvalue weighted by molar-refractivity contribution is -0.142. The molecule has 1 aliphatic heterocycles. The van der Waals surface area contributed by atoms with Gasteiger partial charge in [0.05, 0.1) is 31.1 Å². The highest BCUT2D eigenvalue weighted by molar-refractivity contribution is 8.00. The number of esters is 1. The van der Waals surface area contributed by atoms with Crippen molar-refractivity contribution in [2.75, 3.05) is 13.2 Å². The van der Waals surface area contributed by atoms with Gasteiger partial charge in [-0.1, -0.05) is 72.4 Å². The largest absolute Gasteiger partial charge is 0.465 e. The van der Waals surface area contributed by atoms with Crippen molar-refractivity contribution < 1.29 is 14.3 Å². The molecule has 5 nitrogen and oxygen atoms in total. The van der Waals surface area contributed by atoms with Crippen molar-refractivity contribution in [1.29, 1.82) is 0 Å². The summed E-state index contributed by atoms with van der Waals surface area (Å²) < 4.78 is 13.5. The number of thioether (sulfide) groups is 1. The lowest BCUT2D eigenvalue weighted by Gasteiger charge is -2.19. The van der Waals surface area contributed by atoms with E-state index in [4.69, 9.17) is 14.5 Å². The van der Waals surface area contributed by atoms with Crippen LogP contribution in [0.25, 0.3) is 11.3 Å². The van der Waals surface area contributed by atoms with Crippen LogP contribution in [0.5, 0.6) is 0 Å². The Bertz CT molecular complexity index is 953. The molecule has 2 aromatic carbocycles. The van der Waals surface area contributed by atoms with Gasteiger partial charge in [-0.2, -0.15) is 0 Å². The third-order valence-electron chi connectivity index (χ3n) is 5.12. The quantitative estimate of drug-likeness (QED) is 0.372. The molecule has 0 saturated carbocycles. The first-order chi connectivity index (χ1) is 14.8. The summed E-state index contributed by atoms with van der Waals surface area (Å²) in [6.07, 6.45) is 4.17. The molecule has 0 N–H and O–H groups in total. The second kappa shape index (κ2) is 9.96. The Morgan fingerprint density at radius 3 is 2.60 bits per heavy atom. The van der Waals surface area contributed by atoms with Gasteiger partial charge in [0.15, 0.2) is 5.16 Å². The summed E-state index contributed by atoms with van der Waals surface area (Å²) in [5.41, 5.74) is 3.04. The van der Waals surface area contributed by atoms with Gasteiger partial charge >= 0.3 is 5.97 Å². The number of rotatable bonds is 8. The molecule has 0 bridgehead atoms. The van der Waals surface area contributed by atoms with Crippen molar-refractivity contribution in [1.82, 2.24) is 9.55 Å². The number of hydrogen-bond donors (Lipinski definition) is 0. The second-order valence-electron chi connectivity index (χ2n) is 7.20. The van der Waals surface area contributed by atoms with Gasteiger partial charge in [0, 0.05) is 6.61 Å². The van der Waals surface area contributed by atoms with Crippen LogP contribution >= 0.6 is 11.8 Å². The number of hydrogen-bond acceptors (Lipinski definition) is 5. The molecule has 156 valence electrons. The summed E-state index contributed by atoms with van der Waals surface area (Å²) in [5, 5.41) is 0.326. The molecular formula is C24H26N2O3S. The predicted octanol–water partition coefficient (Wildman–Crippen LogP) is 5.13. The van der Waals surface area contributed by atoms with Crippen LogP contribution in [0.15, 0.2) is 72.0 Å². The van der Waals surface area contributed by atoms with Crippen LogP contribution in [0.4, 0.5) is 0 Å². The molecule has 1 fully saturated rings. The molecule has 1 saturated heterocycles. The number of benzene rings is 2. The molecule has 3 aromatic rings. The maximum Gasteiger partial charge on any atom is 0.324 e. The highest BCUT2D eigenvalue weighted by Gasteiger charge is 2.27. The number of carbonyl (C=O) groups is 1. The van der Waals surface area contributed by atoms with E-state index in [0.29, 0.717) is 6.61 Å². The summed E-state index contributed by atoms with van der Waals surface area (Å²) in [6.45, 7) is 3.70. The van der Waals surface area contributed by atoms with Gasteiger partial charge in [-0.15, -0.1) is 0 Å². The highest BCUT2D eigenvalue weighted by atomic mass is 32.2. The molecular weight excluding hydrogens is 396 g/mol.